The van der Waals surface area contributed by atoms with Crippen molar-refractivity contribution in [2.45, 2.75) is 52.6 Å². The van der Waals surface area contributed by atoms with Crippen LogP contribution in [0.15, 0.2) is 0 Å². The molecule has 1 amide bonds. The van der Waals surface area contributed by atoms with Gasteiger partial charge < -0.3 is 14.4 Å². The van der Waals surface area contributed by atoms with E-state index in [4.69, 9.17) is 4.74 Å². The molecule has 2 aliphatic heterocycles. The van der Waals surface area contributed by atoms with E-state index >= 15 is 0 Å². The molecule has 22 heavy (non-hydrogen) atoms. The fraction of sp³-hybridized carbons (Fsp3) is 0.812. The summed E-state index contributed by atoms with van der Waals surface area (Å²) in [5.74, 6) is -0.337. The number of amides is 1. The lowest BCUT2D eigenvalue weighted by Crippen LogP contribution is -2.47. The van der Waals surface area contributed by atoms with Crippen LogP contribution in [0.3, 0.4) is 0 Å². The van der Waals surface area contributed by atoms with E-state index in [0.29, 0.717) is 25.9 Å². The van der Waals surface area contributed by atoms with Crippen molar-refractivity contribution in [3.63, 3.8) is 0 Å². The third-order valence-electron chi connectivity index (χ3n) is 4.31. The van der Waals surface area contributed by atoms with Gasteiger partial charge in [0, 0.05) is 25.9 Å². The Morgan fingerprint density at radius 2 is 1.82 bits per heavy atom. The highest BCUT2D eigenvalue weighted by molar-refractivity contribution is 5.88. The summed E-state index contributed by atoms with van der Waals surface area (Å²) in [6.45, 7) is 8.80. The van der Waals surface area contributed by atoms with Crippen LogP contribution in [0.25, 0.3) is 0 Å². The average molecular weight is 311 g/mol. The monoisotopic (exact) mass is 311 g/mol. The number of piperidine rings is 1. The Morgan fingerprint density at radius 1 is 1.23 bits per heavy atom. The minimum absolute atomic E-state index is 0.0320. The molecule has 2 atom stereocenters. The molecule has 2 rings (SSSR count). The van der Waals surface area contributed by atoms with Gasteiger partial charge in [-0.1, -0.05) is 6.92 Å². The molecule has 0 radical (unpaired) electrons. The minimum Gasteiger partial charge on any atom is -0.444 e. The van der Waals surface area contributed by atoms with Gasteiger partial charge in [0.15, 0.2) is 0 Å². The van der Waals surface area contributed by atoms with Crippen molar-refractivity contribution >= 4 is 18.0 Å². The van der Waals surface area contributed by atoms with Gasteiger partial charge in [-0.05, 0) is 44.9 Å². The van der Waals surface area contributed by atoms with Gasteiger partial charge in [0.2, 0.25) is 0 Å². The number of carbonyl (C=O) groups excluding carboxylic acids is 3. The Hall–Kier alpha value is -1.59. The molecule has 124 valence electrons. The van der Waals surface area contributed by atoms with Crippen LogP contribution in [0.2, 0.25) is 0 Å². The van der Waals surface area contributed by atoms with Crippen LogP contribution in [-0.2, 0) is 19.1 Å². The Kier molecular flexibility index (Phi) is 4.78. The molecular formula is C16H25NO5. The number of carbonyl (C=O) groups is 3. The summed E-state index contributed by atoms with van der Waals surface area (Å²) in [5.41, 5.74) is -0.503. The van der Waals surface area contributed by atoms with Crippen LogP contribution in [0.4, 0.5) is 4.79 Å². The highest BCUT2D eigenvalue weighted by Gasteiger charge is 2.39. The van der Waals surface area contributed by atoms with Crippen molar-refractivity contribution in [3.05, 3.63) is 0 Å². The standard InChI is InChI=1S/C16H25NO5/c1-10-9-17(15(20)22-16(2,3)4)6-5-12(10)11-7-13(18)21-14(19)8-11/h10-12H,5-9H2,1-4H3. The molecule has 0 aromatic rings. The van der Waals surface area contributed by atoms with Crippen LogP contribution in [-0.4, -0.2) is 41.6 Å². The maximum Gasteiger partial charge on any atom is 0.410 e. The second-order valence-corrected chi connectivity index (χ2v) is 7.37. The smallest absolute Gasteiger partial charge is 0.410 e. The highest BCUT2D eigenvalue weighted by atomic mass is 16.6. The molecule has 2 aliphatic rings. The molecular weight excluding hydrogens is 286 g/mol. The van der Waals surface area contributed by atoms with Crippen molar-refractivity contribution in [3.8, 4) is 0 Å². The number of rotatable bonds is 1. The third kappa shape index (κ3) is 4.21. The Morgan fingerprint density at radius 3 is 2.32 bits per heavy atom. The molecule has 2 unspecified atom stereocenters. The van der Waals surface area contributed by atoms with E-state index < -0.39 is 17.5 Å². The van der Waals surface area contributed by atoms with Crippen LogP contribution < -0.4 is 0 Å². The summed E-state index contributed by atoms with van der Waals surface area (Å²) in [6.07, 6.45) is 1.09. The lowest BCUT2D eigenvalue weighted by atomic mass is 9.74. The first-order valence-corrected chi connectivity index (χ1v) is 7.87. The van der Waals surface area contributed by atoms with Gasteiger partial charge >= 0.3 is 18.0 Å². The van der Waals surface area contributed by atoms with Gasteiger partial charge in [0.1, 0.15) is 5.60 Å². The molecule has 2 heterocycles. The normalized spacial score (nSPS) is 27.5. The molecule has 2 fully saturated rings. The summed E-state index contributed by atoms with van der Waals surface area (Å²) in [6, 6.07) is 0. The van der Waals surface area contributed by atoms with Gasteiger partial charge in [-0.2, -0.15) is 0 Å². The van der Waals surface area contributed by atoms with Crippen LogP contribution in [0.5, 0.6) is 0 Å². The summed E-state index contributed by atoms with van der Waals surface area (Å²) >= 11 is 0. The fourth-order valence-corrected chi connectivity index (χ4v) is 3.37. The molecule has 2 saturated heterocycles. The van der Waals surface area contributed by atoms with Crippen LogP contribution in [0, 0.1) is 17.8 Å². The van der Waals surface area contributed by atoms with E-state index in [0.717, 1.165) is 6.42 Å². The molecule has 0 spiro atoms. The zero-order chi connectivity index (χ0) is 16.5. The van der Waals surface area contributed by atoms with E-state index in [-0.39, 0.29) is 23.8 Å². The third-order valence-corrected chi connectivity index (χ3v) is 4.31. The largest absolute Gasteiger partial charge is 0.444 e. The molecule has 0 N–H and O–H groups in total. The number of likely N-dealkylation sites (tertiary alicyclic amines) is 1. The lowest BCUT2D eigenvalue weighted by Gasteiger charge is -2.41. The maximum absolute atomic E-state index is 12.1. The zero-order valence-corrected chi connectivity index (χ0v) is 13.8. The summed E-state index contributed by atoms with van der Waals surface area (Å²) in [4.78, 5) is 36.7. The number of ether oxygens (including phenoxy) is 2. The molecule has 0 aromatic heterocycles. The fourth-order valence-electron chi connectivity index (χ4n) is 3.37. The molecule has 6 nitrogen and oxygen atoms in total. The lowest BCUT2D eigenvalue weighted by molar-refractivity contribution is -0.167. The van der Waals surface area contributed by atoms with Gasteiger partial charge in [-0.3, -0.25) is 9.59 Å². The van der Waals surface area contributed by atoms with Crippen molar-refractivity contribution in [2.75, 3.05) is 13.1 Å². The SMILES string of the molecule is CC1CN(C(=O)OC(C)(C)C)CCC1C1CC(=O)OC(=O)C1. The van der Waals surface area contributed by atoms with E-state index in [1.165, 1.54) is 0 Å². The van der Waals surface area contributed by atoms with Gasteiger partial charge in [0.05, 0.1) is 0 Å². The maximum atomic E-state index is 12.1. The summed E-state index contributed by atoms with van der Waals surface area (Å²) < 4.78 is 9.99. The highest BCUT2D eigenvalue weighted by Crippen LogP contribution is 2.36. The molecule has 0 aromatic carbocycles. The van der Waals surface area contributed by atoms with E-state index in [2.05, 4.69) is 11.7 Å². The second-order valence-electron chi connectivity index (χ2n) is 7.37. The van der Waals surface area contributed by atoms with Crippen molar-refractivity contribution in [1.29, 1.82) is 0 Å². The Balaban J connectivity index is 1.94. The van der Waals surface area contributed by atoms with Gasteiger partial charge in [-0.25, -0.2) is 4.79 Å². The number of esters is 2. The van der Waals surface area contributed by atoms with Crippen molar-refractivity contribution in [2.24, 2.45) is 17.8 Å². The van der Waals surface area contributed by atoms with Crippen molar-refractivity contribution in [1.82, 2.24) is 4.90 Å². The predicted octanol–water partition coefficient (Wildman–Crippen LogP) is 2.36. The average Bonchev–Trinajstić information content (AvgIpc) is 2.35. The molecule has 6 heteroatoms. The zero-order valence-electron chi connectivity index (χ0n) is 13.8. The molecule has 0 saturated carbocycles. The second kappa shape index (κ2) is 6.26. The first kappa shape index (κ1) is 16.8. The first-order chi connectivity index (χ1) is 10.2. The van der Waals surface area contributed by atoms with Gasteiger partial charge in [0.25, 0.3) is 0 Å². The molecule has 0 bridgehead atoms. The summed E-state index contributed by atoms with van der Waals surface area (Å²) in [7, 11) is 0. The number of nitrogens with zero attached hydrogens (tertiary/aromatic N) is 1. The van der Waals surface area contributed by atoms with Crippen molar-refractivity contribution < 1.29 is 23.9 Å². The van der Waals surface area contributed by atoms with E-state index in [1.807, 2.05) is 20.8 Å². The van der Waals surface area contributed by atoms with Gasteiger partial charge in [-0.15, -0.1) is 0 Å². The number of hydrogen-bond acceptors (Lipinski definition) is 5. The number of cyclic esters (lactones) is 2. The van der Waals surface area contributed by atoms with E-state index in [9.17, 15) is 14.4 Å². The topological polar surface area (TPSA) is 72.9 Å². The van der Waals surface area contributed by atoms with Crippen LogP contribution >= 0.6 is 0 Å². The predicted molar refractivity (Wildman–Crippen MR) is 78.9 cm³/mol. The summed E-state index contributed by atoms with van der Waals surface area (Å²) in [5, 5.41) is 0. The quantitative estimate of drug-likeness (QED) is 0.549. The first-order valence-electron chi connectivity index (χ1n) is 7.87. The Bertz CT molecular complexity index is 452. The van der Waals surface area contributed by atoms with Crippen LogP contribution in [0.1, 0.15) is 47.0 Å². The minimum atomic E-state index is -0.503. The molecule has 0 aliphatic carbocycles. The van der Waals surface area contributed by atoms with E-state index in [1.54, 1.807) is 4.90 Å². The Labute approximate surface area is 131 Å². The number of hydrogen-bond donors (Lipinski definition) is 0.